The third-order valence-corrected chi connectivity index (χ3v) is 5.88. The number of halogens is 3. The van der Waals surface area contributed by atoms with Crippen molar-refractivity contribution in [2.24, 2.45) is 10.7 Å². The van der Waals surface area contributed by atoms with Gasteiger partial charge in [0.25, 0.3) is 0 Å². The molecule has 162 valence electrons. The van der Waals surface area contributed by atoms with E-state index in [4.69, 9.17) is 5.73 Å². The first-order valence-electron chi connectivity index (χ1n) is 8.90. The van der Waals surface area contributed by atoms with E-state index in [0.29, 0.717) is 17.1 Å². The summed E-state index contributed by atoms with van der Waals surface area (Å²) in [7, 11) is -3.32. The van der Waals surface area contributed by atoms with Gasteiger partial charge in [0.2, 0.25) is 5.96 Å². The predicted molar refractivity (Wildman–Crippen MR) is 107 cm³/mol. The highest BCUT2D eigenvalue weighted by atomic mass is 32.2. The zero-order valence-electron chi connectivity index (χ0n) is 16.4. The van der Waals surface area contributed by atoms with Crippen molar-refractivity contribution < 1.29 is 21.6 Å². The molecule has 0 aliphatic carbocycles. The number of hydrogen-bond donors (Lipinski definition) is 3. The fourth-order valence-electron chi connectivity index (χ4n) is 2.97. The molecule has 0 fully saturated rings. The number of sulfone groups is 1. The topological polar surface area (TPSA) is 114 Å². The largest absolute Gasteiger partial charge is 0.417 e. The minimum absolute atomic E-state index is 0.0455. The zero-order chi connectivity index (χ0) is 22.3. The van der Waals surface area contributed by atoms with Gasteiger partial charge in [-0.2, -0.15) is 18.3 Å². The zero-order valence-corrected chi connectivity index (χ0v) is 17.3. The highest BCUT2D eigenvalue weighted by Crippen LogP contribution is 2.36. The Hall–Kier alpha value is -2.86. The van der Waals surface area contributed by atoms with Gasteiger partial charge >= 0.3 is 6.18 Å². The van der Waals surface area contributed by atoms with Crippen LogP contribution in [0.15, 0.2) is 52.1 Å². The van der Waals surface area contributed by atoms with Crippen molar-refractivity contribution in [3.05, 3.63) is 47.9 Å². The molecule has 2 heterocycles. The molecule has 2 aromatic rings. The second kappa shape index (κ2) is 7.43. The first kappa shape index (κ1) is 21.8. The number of benzene rings is 1. The van der Waals surface area contributed by atoms with Crippen LogP contribution in [0.3, 0.4) is 0 Å². The summed E-state index contributed by atoms with van der Waals surface area (Å²) in [4.78, 5) is 4.20. The lowest BCUT2D eigenvalue weighted by Crippen LogP contribution is -2.51. The molecule has 4 N–H and O–H groups in total. The minimum atomic E-state index is -4.61. The molecule has 8 nitrogen and oxygen atoms in total. The van der Waals surface area contributed by atoms with Crippen LogP contribution in [0.25, 0.3) is 5.69 Å². The molecule has 0 amide bonds. The second-order valence-corrected chi connectivity index (χ2v) is 8.90. The Morgan fingerprint density at radius 3 is 2.43 bits per heavy atom. The molecular formula is C18H21F3N6O2S. The van der Waals surface area contributed by atoms with Crippen molar-refractivity contribution in [1.82, 2.24) is 15.1 Å². The van der Waals surface area contributed by atoms with E-state index in [1.165, 1.54) is 25.3 Å². The third-order valence-electron chi connectivity index (χ3n) is 4.75. The lowest BCUT2D eigenvalue weighted by Gasteiger charge is -2.32. The first-order valence-corrected chi connectivity index (χ1v) is 10.8. The molecule has 3 rings (SSSR count). The van der Waals surface area contributed by atoms with Gasteiger partial charge in [0.1, 0.15) is 5.66 Å². The summed E-state index contributed by atoms with van der Waals surface area (Å²) in [6.07, 6.45) is -1.24. The Kier molecular flexibility index (Phi) is 5.41. The van der Waals surface area contributed by atoms with E-state index >= 15 is 0 Å². The number of hydrogen-bond acceptors (Lipinski definition) is 7. The Labute approximate surface area is 171 Å². The molecule has 1 aliphatic heterocycles. The third kappa shape index (κ3) is 4.19. The van der Waals surface area contributed by atoms with E-state index in [0.717, 1.165) is 12.5 Å². The number of nitrogens with two attached hydrogens (primary N) is 1. The van der Waals surface area contributed by atoms with Crippen molar-refractivity contribution in [3.8, 4) is 5.69 Å². The molecule has 0 saturated heterocycles. The second-order valence-electron chi connectivity index (χ2n) is 6.88. The van der Waals surface area contributed by atoms with Gasteiger partial charge < -0.3 is 16.4 Å². The van der Waals surface area contributed by atoms with Crippen LogP contribution >= 0.6 is 0 Å². The van der Waals surface area contributed by atoms with Crippen LogP contribution in [-0.4, -0.2) is 42.3 Å². The normalized spacial score (nSPS) is 19.7. The molecule has 30 heavy (non-hydrogen) atoms. The fourth-order valence-corrected chi connectivity index (χ4v) is 3.60. The average molecular weight is 442 g/mol. The van der Waals surface area contributed by atoms with Crippen molar-refractivity contribution >= 4 is 21.5 Å². The maximum Gasteiger partial charge on any atom is 0.417 e. The molecule has 12 heteroatoms. The summed E-state index contributed by atoms with van der Waals surface area (Å²) >= 11 is 0. The van der Waals surface area contributed by atoms with E-state index in [1.807, 2.05) is 0 Å². The van der Waals surface area contributed by atoms with Crippen LogP contribution in [0.4, 0.5) is 18.9 Å². The van der Waals surface area contributed by atoms with Crippen LogP contribution in [0, 0.1) is 6.92 Å². The van der Waals surface area contributed by atoms with Gasteiger partial charge in [-0.15, -0.1) is 0 Å². The summed E-state index contributed by atoms with van der Waals surface area (Å²) in [6, 6.07) is 6.16. The number of alkyl halides is 3. The summed E-state index contributed by atoms with van der Waals surface area (Å²) in [5.74, 6) is 0.0578. The van der Waals surface area contributed by atoms with Crippen molar-refractivity contribution in [1.29, 1.82) is 0 Å². The van der Waals surface area contributed by atoms with E-state index in [2.05, 4.69) is 20.7 Å². The quantitative estimate of drug-likeness (QED) is 0.670. The number of nitrogens with zero attached hydrogens (tertiary/aromatic N) is 3. The van der Waals surface area contributed by atoms with E-state index in [9.17, 15) is 21.6 Å². The lowest BCUT2D eigenvalue weighted by atomic mass is 9.97. The monoisotopic (exact) mass is 442 g/mol. The molecule has 1 aromatic carbocycles. The number of aliphatic imine (C=N–C) groups is 1. The first-order chi connectivity index (χ1) is 13.8. The van der Waals surface area contributed by atoms with Crippen molar-refractivity contribution in [2.45, 2.75) is 37.0 Å². The van der Waals surface area contributed by atoms with Gasteiger partial charge in [0, 0.05) is 12.5 Å². The Morgan fingerprint density at radius 1 is 1.27 bits per heavy atom. The number of guanidine groups is 1. The fraction of sp³-hybridized carbons (Fsp3) is 0.333. The van der Waals surface area contributed by atoms with Crippen LogP contribution in [0.2, 0.25) is 0 Å². The van der Waals surface area contributed by atoms with E-state index < -0.39 is 27.2 Å². The summed E-state index contributed by atoms with van der Waals surface area (Å²) in [6.45, 7) is 3.27. The van der Waals surface area contributed by atoms with E-state index in [1.54, 1.807) is 23.7 Å². The maximum atomic E-state index is 13.2. The van der Waals surface area contributed by atoms with Gasteiger partial charge in [-0.3, -0.25) is 0 Å². The molecule has 1 aromatic heterocycles. The number of anilines is 1. The van der Waals surface area contributed by atoms with Crippen LogP contribution in [0.5, 0.6) is 0 Å². The summed E-state index contributed by atoms with van der Waals surface area (Å²) in [5, 5.41) is 9.64. The molecule has 0 bridgehead atoms. The van der Waals surface area contributed by atoms with Crippen LogP contribution in [-0.2, 0) is 9.84 Å². The highest BCUT2D eigenvalue weighted by molar-refractivity contribution is 7.90. The van der Waals surface area contributed by atoms with Gasteiger partial charge in [-0.1, -0.05) is 6.92 Å². The van der Waals surface area contributed by atoms with E-state index in [-0.39, 0.29) is 17.3 Å². The molecule has 1 unspecified atom stereocenters. The number of rotatable bonds is 4. The van der Waals surface area contributed by atoms with Crippen molar-refractivity contribution in [3.63, 3.8) is 0 Å². The van der Waals surface area contributed by atoms with Gasteiger partial charge in [-0.05, 0) is 37.6 Å². The number of nitrogens with one attached hydrogen (secondary N) is 2. The summed E-state index contributed by atoms with van der Waals surface area (Å²) in [5.41, 5.74) is 4.78. The highest BCUT2D eigenvalue weighted by Gasteiger charge is 2.47. The van der Waals surface area contributed by atoms with Crippen LogP contribution < -0.4 is 16.4 Å². The Balaban J connectivity index is 1.86. The Morgan fingerprint density at radius 2 is 1.90 bits per heavy atom. The van der Waals surface area contributed by atoms with Crippen molar-refractivity contribution in [2.75, 3.05) is 11.6 Å². The van der Waals surface area contributed by atoms with Crippen LogP contribution in [0.1, 0.15) is 19.0 Å². The predicted octanol–water partition coefficient (Wildman–Crippen LogP) is 2.47. The minimum Gasteiger partial charge on any atom is -0.332 e. The standard InChI is InChI=1S/C18H21F3N6O2S/c1-4-17(22)15(18(19,20)21)10-23-16(26-17)25-14-9-24-27(11(14)2)12-5-7-13(8-6-12)30(3,28)29/h5-10H,4,22H2,1-3H3,(H2,23,25,26). The van der Waals surface area contributed by atoms with Gasteiger partial charge in [0.05, 0.1) is 33.7 Å². The molecule has 0 spiro atoms. The maximum absolute atomic E-state index is 13.2. The molecule has 1 atom stereocenters. The lowest BCUT2D eigenvalue weighted by molar-refractivity contribution is -0.101. The van der Waals surface area contributed by atoms with Gasteiger partial charge in [-0.25, -0.2) is 18.1 Å². The average Bonchev–Trinajstić information content (AvgIpc) is 3.00. The smallest absolute Gasteiger partial charge is 0.332 e. The molecule has 0 radical (unpaired) electrons. The molecule has 0 saturated carbocycles. The van der Waals surface area contributed by atoms with Gasteiger partial charge in [0.15, 0.2) is 9.84 Å². The number of aromatic nitrogens is 2. The molecular weight excluding hydrogens is 421 g/mol. The molecule has 1 aliphatic rings. The Bertz CT molecular complexity index is 1120. The SMILES string of the molecule is CCC1(N)N=C(Nc2cnn(-c3ccc(S(C)(=O)=O)cc3)c2C)NC=C1C(F)(F)F. The summed E-state index contributed by atoms with van der Waals surface area (Å²) < 4.78 is 64.4.